The van der Waals surface area contributed by atoms with Crippen LogP contribution in [-0.4, -0.2) is 34.3 Å². The molecule has 0 aromatic carbocycles. The third-order valence-electron chi connectivity index (χ3n) is 1.70. The van der Waals surface area contributed by atoms with Crippen LogP contribution in [0, 0.1) is 6.92 Å². The number of rotatable bonds is 4. The Morgan fingerprint density at radius 1 is 1.64 bits per heavy atom. The molecule has 1 rings (SSSR count). The SMILES string of the molecule is Cc1cc(NCCO)c(C(=O)O)cn1. The lowest BCUT2D eigenvalue weighted by atomic mass is 10.2. The molecule has 0 unspecified atom stereocenters. The van der Waals surface area contributed by atoms with E-state index >= 15 is 0 Å². The average Bonchev–Trinajstić information content (AvgIpc) is 2.14. The van der Waals surface area contributed by atoms with E-state index in [2.05, 4.69) is 10.3 Å². The number of carboxylic acids is 1. The maximum atomic E-state index is 10.8. The Bertz CT molecular complexity index is 339. The van der Waals surface area contributed by atoms with E-state index < -0.39 is 5.97 Å². The van der Waals surface area contributed by atoms with E-state index in [4.69, 9.17) is 10.2 Å². The van der Waals surface area contributed by atoms with Crippen molar-refractivity contribution >= 4 is 11.7 Å². The standard InChI is InChI=1S/C9H12N2O3/c1-6-4-8(10-2-3-12)7(5-11-6)9(13)14/h4-5,12H,2-3H2,1H3,(H,10,11)(H,13,14). The molecule has 5 nitrogen and oxygen atoms in total. The second-order valence-corrected chi connectivity index (χ2v) is 2.83. The van der Waals surface area contributed by atoms with Gasteiger partial charge in [-0.05, 0) is 13.0 Å². The first-order valence-corrected chi connectivity index (χ1v) is 4.20. The molecule has 0 saturated heterocycles. The molecule has 3 N–H and O–H groups in total. The fraction of sp³-hybridized carbons (Fsp3) is 0.333. The van der Waals surface area contributed by atoms with E-state index in [1.54, 1.807) is 13.0 Å². The summed E-state index contributed by atoms with van der Waals surface area (Å²) in [4.78, 5) is 14.6. The largest absolute Gasteiger partial charge is 0.478 e. The molecular formula is C9H12N2O3. The van der Waals surface area contributed by atoms with Gasteiger partial charge in [-0.2, -0.15) is 0 Å². The summed E-state index contributed by atoms with van der Waals surface area (Å²) in [7, 11) is 0. The minimum Gasteiger partial charge on any atom is -0.478 e. The topological polar surface area (TPSA) is 82.5 Å². The van der Waals surface area contributed by atoms with Gasteiger partial charge < -0.3 is 15.5 Å². The van der Waals surface area contributed by atoms with Crippen LogP contribution in [0.25, 0.3) is 0 Å². The molecule has 0 bridgehead atoms. The first-order chi connectivity index (χ1) is 6.65. The smallest absolute Gasteiger partial charge is 0.339 e. The van der Waals surface area contributed by atoms with Crippen LogP contribution in [-0.2, 0) is 0 Å². The number of carbonyl (C=O) groups is 1. The van der Waals surface area contributed by atoms with Crippen LogP contribution in [0.15, 0.2) is 12.3 Å². The Morgan fingerprint density at radius 3 is 2.93 bits per heavy atom. The summed E-state index contributed by atoms with van der Waals surface area (Å²) in [5, 5.41) is 20.2. The monoisotopic (exact) mass is 196 g/mol. The van der Waals surface area contributed by atoms with Crippen molar-refractivity contribution in [3.63, 3.8) is 0 Å². The highest BCUT2D eigenvalue weighted by Gasteiger charge is 2.09. The minimum atomic E-state index is -1.03. The van der Waals surface area contributed by atoms with Gasteiger partial charge in [-0.1, -0.05) is 0 Å². The lowest BCUT2D eigenvalue weighted by Crippen LogP contribution is -2.10. The number of hydrogen-bond acceptors (Lipinski definition) is 4. The number of pyridine rings is 1. The Kier molecular flexibility index (Phi) is 3.41. The molecule has 1 heterocycles. The van der Waals surface area contributed by atoms with Crippen LogP contribution in [0.2, 0.25) is 0 Å². The highest BCUT2D eigenvalue weighted by molar-refractivity contribution is 5.93. The average molecular weight is 196 g/mol. The number of aliphatic hydroxyl groups is 1. The van der Waals surface area contributed by atoms with Crippen LogP contribution < -0.4 is 5.32 Å². The number of anilines is 1. The van der Waals surface area contributed by atoms with Crippen molar-refractivity contribution in [2.24, 2.45) is 0 Å². The van der Waals surface area contributed by atoms with E-state index in [1.165, 1.54) is 6.20 Å². The number of aryl methyl sites for hydroxylation is 1. The van der Waals surface area contributed by atoms with Crippen molar-refractivity contribution in [2.45, 2.75) is 6.92 Å². The first kappa shape index (κ1) is 10.5. The quantitative estimate of drug-likeness (QED) is 0.653. The Labute approximate surface area is 81.4 Å². The zero-order chi connectivity index (χ0) is 10.6. The van der Waals surface area contributed by atoms with Gasteiger partial charge in [0.05, 0.1) is 12.3 Å². The second kappa shape index (κ2) is 4.57. The van der Waals surface area contributed by atoms with Gasteiger partial charge in [-0.3, -0.25) is 4.98 Å². The summed E-state index contributed by atoms with van der Waals surface area (Å²) >= 11 is 0. The molecule has 0 radical (unpaired) electrons. The Morgan fingerprint density at radius 2 is 2.36 bits per heavy atom. The molecule has 5 heteroatoms. The minimum absolute atomic E-state index is 0.0412. The van der Waals surface area contributed by atoms with E-state index in [0.717, 1.165) is 5.69 Å². The van der Waals surface area contributed by atoms with Crippen molar-refractivity contribution in [2.75, 3.05) is 18.5 Å². The van der Waals surface area contributed by atoms with Crippen molar-refractivity contribution in [3.05, 3.63) is 23.5 Å². The molecule has 0 atom stereocenters. The van der Waals surface area contributed by atoms with Crippen molar-refractivity contribution in [1.82, 2.24) is 4.98 Å². The summed E-state index contributed by atoms with van der Waals surface area (Å²) < 4.78 is 0. The van der Waals surface area contributed by atoms with E-state index in [0.29, 0.717) is 12.2 Å². The zero-order valence-corrected chi connectivity index (χ0v) is 7.82. The van der Waals surface area contributed by atoms with Gasteiger partial charge in [0, 0.05) is 18.4 Å². The number of nitrogens with one attached hydrogen (secondary N) is 1. The highest BCUT2D eigenvalue weighted by atomic mass is 16.4. The van der Waals surface area contributed by atoms with Gasteiger partial charge in [0.1, 0.15) is 5.56 Å². The molecule has 1 aromatic heterocycles. The normalized spacial score (nSPS) is 9.86. The number of carboxylic acid groups (broad SMARTS) is 1. The highest BCUT2D eigenvalue weighted by Crippen LogP contribution is 2.14. The van der Waals surface area contributed by atoms with Crippen LogP contribution in [0.5, 0.6) is 0 Å². The lowest BCUT2D eigenvalue weighted by molar-refractivity contribution is 0.0697. The number of nitrogens with zero attached hydrogens (tertiary/aromatic N) is 1. The van der Waals surface area contributed by atoms with Crippen LogP contribution in [0.3, 0.4) is 0 Å². The Balaban J connectivity index is 2.97. The first-order valence-electron chi connectivity index (χ1n) is 4.20. The van der Waals surface area contributed by atoms with Crippen molar-refractivity contribution < 1.29 is 15.0 Å². The maximum Gasteiger partial charge on any atom is 0.339 e. The molecular weight excluding hydrogens is 184 g/mol. The summed E-state index contributed by atoms with van der Waals surface area (Å²) in [5.41, 5.74) is 1.33. The molecule has 0 aliphatic carbocycles. The fourth-order valence-corrected chi connectivity index (χ4v) is 1.07. The number of aliphatic hydroxyl groups excluding tert-OH is 1. The fourth-order valence-electron chi connectivity index (χ4n) is 1.07. The molecule has 0 amide bonds. The molecule has 14 heavy (non-hydrogen) atoms. The molecule has 76 valence electrons. The van der Waals surface area contributed by atoms with Gasteiger partial charge >= 0.3 is 5.97 Å². The molecule has 0 aliphatic heterocycles. The van der Waals surface area contributed by atoms with Crippen molar-refractivity contribution in [1.29, 1.82) is 0 Å². The van der Waals surface area contributed by atoms with Gasteiger partial charge in [0.15, 0.2) is 0 Å². The van der Waals surface area contributed by atoms with Crippen LogP contribution in [0.1, 0.15) is 16.1 Å². The summed E-state index contributed by atoms with van der Waals surface area (Å²) in [5.74, 6) is -1.03. The van der Waals surface area contributed by atoms with Crippen molar-refractivity contribution in [3.8, 4) is 0 Å². The number of aromatic carboxylic acids is 1. The second-order valence-electron chi connectivity index (χ2n) is 2.83. The van der Waals surface area contributed by atoms with Gasteiger partial charge in [-0.25, -0.2) is 4.79 Å². The molecule has 0 spiro atoms. The Hall–Kier alpha value is -1.62. The third kappa shape index (κ3) is 2.43. The molecule has 0 aliphatic rings. The van der Waals surface area contributed by atoms with E-state index in [-0.39, 0.29) is 12.2 Å². The van der Waals surface area contributed by atoms with E-state index in [1.807, 2.05) is 0 Å². The summed E-state index contributed by atoms with van der Waals surface area (Å²) in [6.07, 6.45) is 1.30. The molecule has 1 aromatic rings. The maximum absolute atomic E-state index is 10.8. The molecule has 0 saturated carbocycles. The third-order valence-corrected chi connectivity index (χ3v) is 1.70. The molecule has 0 fully saturated rings. The number of aromatic nitrogens is 1. The predicted octanol–water partition coefficient (Wildman–Crippen LogP) is 0.492. The van der Waals surface area contributed by atoms with E-state index in [9.17, 15) is 4.79 Å². The predicted molar refractivity (Wildman–Crippen MR) is 51.5 cm³/mol. The summed E-state index contributed by atoms with van der Waals surface area (Å²) in [6, 6.07) is 1.64. The van der Waals surface area contributed by atoms with Gasteiger partial charge in [0.25, 0.3) is 0 Å². The summed E-state index contributed by atoms with van der Waals surface area (Å²) in [6.45, 7) is 2.06. The van der Waals surface area contributed by atoms with Crippen LogP contribution in [0.4, 0.5) is 5.69 Å². The lowest BCUT2D eigenvalue weighted by Gasteiger charge is -2.08. The van der Waals surface area contributed by atoms with Gasteiger partial charge in [-0.15, -0.1) is 0 Å². The number of hydrogen-bond donors (Lipinski definition) is 3. The van der Waals surface area contributed by atoms with Gasteiger partial charge in [0.2, 0.25) is 0 Å². The van der Waals surface area contributed by atoms with Crippen LogP contribution >= 0.6 is 0 Å². The zero-order valence-electron chi connectivity index (χ0n) is 7.82.